The van der Waals surface area contributed by atoms with Crippen molar-refractivity contribution in [3.8, 4) is 0 Å². The maximum Gasteiger partial charge on any atom is 0.160 e. The number of fused-ring (bicyclic) bond motifs is 1. The lowest BCUT2D eigenvalue weighted by Crippen LogP contribution is -2.07. The summed E-state index contributed by atoms with van der Waals surface area (Å²) in [7, 11) is 0. The zero-order valence-corrected chi connectivity index (χ0v) is 12.5. The van der Waals surface area contributed by atoms with Gasteiger partial charge in [-0.15, -0.1) is 0 Å². The fraction of sp³-hybridized carbons (Fsp3) is 0.250. The van der Waals surface area contributed by atoms with Crippen LogP contribution in [0.3, 0.4) is 0 Å². The van der Waals surface area contributed by atoms with Crippen LogP contribution >= 0.6 is 23.2 Å². The fourth-order valence-electron chi connectivity index (χ4n) is 2.71. The topological polar surface area (TPSA) is 12.0 Å². The Bertz CT molecular complexity index is 647. The first-order chi connectivity index (χ1) is 9.54. The van der Waals surface area contributed by atoms with Gasteiger partial charge in [-0.2, -0.15) is 0 Å². The third-order valence-corrected chi connectivity index (χ3v) is 4.25. The van der Waals surface area contributed by atoms with E-state index in [9.17, 15) is 4.39 Å². The van der Waals surface area contributed by atoms with E-state index in [1.807, 2.05) is 0 Å². The van der Waals surface area contributed by atoms with Crippen molar-refractivity contribution >= 4 is 28.9 Å². The van der Waals surface area contributed by atoms with E-state index in [0.29, 0.717) is 0 Å². The number of hydrogen-bond acceptors (Lipinski definition) is 1. The van der Waals surface area contributed by atoms with Crippen molar-refractivity contribution in [2.45, 2.75) is 25.8 Å². The monoisotopic (exact) mass is 309 g/mol. The first-order valence-electron chi connectivity index (χ1n) is 6.55. The maximum atomic E-state index is 13.4. The van der Waals surface area contributed by atoms with Gasteiger partial charge < -0.3 is 5.32 Å². The molecule has 1 N–H and O–H groups in total. The predicted molar refractivity (Wildman–Crippen MR) is 82.3 cm³/mol. The van der Waals surface area contributed by atoms with Gasteiger partial charge in [0.1, 0.15) is 0 Å². The van der Waals surface area contributed by atoms with Gasteiger partial charge in [0, 0.05) is 5.69 Å². The highest BCUT2D eigenvalue weighted by Gasteiger charge is 2.22. The standard InChI is InChI=1S/C16H14Cl2FN/c1-9-2-3-10-4-5-15(12(10)6-9)20-11-7-13(17)16(19)14(18)8-11/h2-3,6-8,15,20H,4-5H2,1H3. The highest BCUT2D eigenvalue weighted by Crippen LogP contribution is 2.36. The molecule has 20 heavy (non-hydrogen) atoms. The molecular formula is C16H14Cl2FN. The van der Waals surface area contributed by atoms with E-state index in [2.05, 4.69) is 30.4 Å². The summed E-state index contributed by atoms with van der Waals surface area (Å²) in [6.45, 7) is 2.08. The van der Waals surface area contributed by atoms with Crippen LogP contribution in [0.15, 0.2) is 30.3 Å². The molecule has 0 fully saturated rings. The van der Waals surface area contributed by atoms with Gasteiger partial charge >= 0.3 is 0 Å². The van der Waals surface area contributed by atoms with Gasteiger partial charge in [-0.05, 0) is 43.0 Å². The number of aryl methyl sites for hydroxylation is 2. The number of benzene rings is 2. The Kier molecular flexibility index (Phi) is 3.61. The molecular weight excluding hydrogens is 296 g/mol. The molecule has 1 aliphatic rings. The molecule has 0 radical (unpaired) electrons. The molecule has 0 bridgehead atoms. The highest BCUT2D eigenvalue weighted by molar-refractivity contribution is 6.35. The zero-order chi connectivity index (χ0) is 14.3. The Morgan fingerprint density at radius 2 is 1.85 bits per heavy atom. The Morgan fingerprint density at radius 3 is 2.55 bits per heavy atom. The van der Waals surface area contributed by atoms with Crippen LogP contribution in [0.5, 0.6) is 0 Å². The molecule has 4 heteroatoms. The van der Waals surface area contributed by atoms with Gasteiger partial charge in [-0.1, -0.05) is 47.0 Å². The number of nitrogens with one attached hydrogen (secondary N) is 1. The van der Waals surface area contributed by atoms with Crippen LogP contribution in [0, 0.1) is 12.7 Å². The Balaban J connectivity index is 1.89. The molecule has 3 rings (SSSR count). The van der Waals surface area contributed by atoms with Gasteiger partial charge in [-0.3, -0.25) is 0 Å². The van der Waals surface area contributed by atoms with Crippen LogP contribution in [0.25, 0.3) is 0 Å². The van der Waals surface area contributed by atoms with Crippen molar-refractivity contribution in [2.75, 3.05) is 5.32 Å². The molecule has 1 nitrogen and oxygen atoms in total. The summed E-state index contributed by atoms with van der Waals surface area (Å²) in [6.07, 6.45) is 2.07. The van der Waals surface area contributed by atoms with Crippen LogP contribution in [-0.2, 0) is 6.42 Å². The molecule has 104 valence electrons. The van der Waals surface area contributed by atoms with Crippen LogP contribution < -0.4 is 5.32 Å². The van der Waals surface area contributed by atoms with Crippen molar-refractivity contribution in [3.05, 3.63) is 62.9 Å². The number of anilines is 1. The molecule has 1 unspecified atom stereocenters. The summed E-state index contributed by atoms with van der Waals surface area (Å²) < 4.78 is 13.4. The lowest BCUT2D eigenvalue weighted by Gasteiger charge is -2.17. The number of halogens is 3. The van der Waals surface area contributed by atoms with E-state index in [-0.39, 0.29) is 16.1 Å². The minimum atomic E-state index is -0.568. The lowest BCUT2D eigenvalue weighted by atomic mass is 10.0. The summed E-state index contributed by atoms with van der Waals surface area (Å²) in [5.74, 6) is -0.568. The van der Waals surface area contributed by atoms with Crippen LogP contribution in [0.1, 0.15) is 29.2 Å². The largest absolute Gasteiger partial charge is 0.378 e. The zero-order valence-electron chi connectivity index (χ0n) is 11.0. The second kappa shape index (κ2) is 5.27. The second-order valence-corrected chi connectivity index (χ2v) is 6.01. The van der Waals surface area contributed by atoms with Crippen molar-refractivity contribution in [3.63, 3.8) is 0 Å². The van der Waals surface area contributed by atoms with Gasteiger partial charge in [0.05, 0.1) is 16.1 Å². The normalized spacial score (nSPS) is 17.1. The quantitative estimate of drug-likeness (QED) is 0.718. The molecule has 0 amide bonds. The predicted octanol–water partition coefficient (Wildman–Crippen LogP) is 5.54. The van der Waals surface area contributed by atoms with Gasteiger partial charge in [0.25, 0.3) is 0 Å². The maximum absolute atomic E-state index is 13.4. The molecule has 0 aromatic heterocycles. The van der Waals surface area contributed by atoms with Crippen molar-refractivity contribution < 1.29 is 4.39 Å². The Hall–Kier alpha value is -1.25. The number of hydrogen-bond donors (Lipinski definition) is 1. The van der Waals surface area contributed by atoms with E-state index < -0.39 is 5.82 Å². The van der Waals surface area contributed by atoms with Gasteiger partial charge in [0.2, 0.25) is 0 Å². The highest BCUT2D eigenvalue weighted by atomic mass is 35.5. The van der Waals surface area contributed by atoms with Crippen molar-refractivity contribution in [1.29, 1.82) is 0 Å². The molecule has 2 aromatic carbocycles. The SMILES string of the molecule is Cc1ccc2c(c1)C(Nc1cc(Cl)c(F)c(Cl)c1)CC2. The molecule has 0 aliphatic heterocycles. The fourth-order valence-corrected chi connectivity index (χ4v) is 3.20. The summed E-state index contributed by atoms with van der Waals surface area (Å²) in [6, 6.07) is 9.89. The number of rotatable bonds is 2. The summed E-state index contributed by atoms with van der Waals surface area (Å²) >= 11 is 11.7. The van der Waals surface area contributed by atoms with E-state index in [1.165, 1.54) is 16.7 Å². The van der Waals surface area contributed by atoms with Crippen LogP contribution in [0.2, 0.25) is 10.0 Å². The van der Waals surface area contributed by atoms with Crippen molar-refractivity contribution in [2.24, 2.45) is 0 Å². The molecule has 0 saturated heterocycles. The lowest BCUT2D eigenvalue weighted by molar-refractivity contribution is 0.628. The molecule has 0 spiro atoms. The van der Waals surface area contributed by atoms with Crippen LogP contribution in [0.4, 0.5) is 10.1 Å². The molecule has 2 aromatic rings. The third-order valence-electron chi connectivity index (χ3n) is 3.70. The Labute approximate surface area is 127 Å². The summed E-state index contributed by atoms with van der Waals surface area (Å²) in [5, 5.41) is 3.49. The first kappa shape index (κ1) is 13.7. The molecule has 0 heterocycles. The average Bonchev–Trinajstić information content (AvgIpc) is 2.78. The van der Waals surface area contributed by atoms with Crippen molar-refractivity contribution in [1.82, 2.24) is 0 Å². The third kappa shape index (κ3) is 2.50. The summed E-state index contributed by atoms with van der Waals surface area (Å²) in [5.41, 5.74) is 4.67. The van der Waals surface area contributed by atoms with Gasteiger partial charge in [0.15, 0.2) is 5.82 Å². The molecule has 1 atom stereocenters. The molecule has 0 saturated carbocycles. The average molecular weight is 310 g/mol. The smallest absolute Gasteiger partial charge is 0.160 e. The summed E-state index contributed by atoms with van der Waals surface area (Å²) in [4.78, 5) is 0. The first-order valence-corrected chi connectivity index (χ1v) is 7.30. The second-order valence-electron chi connectivity index (χ2n) is 5.19. The van der Waals surface area contributed by atoms with E-state index in [0.717, 1.165) is 18.5 Å². The van der Waals surface area contributed by atoms with E-state index >= 15 is 0 Å². The van der Waals surface area contributed by atoms with Crippen LogP contribution in [-0.4, -0.2) is 0 Å². The van der Waals surface area contributed by atoms with E-state index in [4.69, 9.17) is 23.2 Å². The minimum absolute atomic E-state index is 0.0439. The molecule has 1 aliphatic carbocycles. The minimum Gasteiger partial charge on any atom is -0.378 e. The Morgan fingerprint density at radius 1 is 1.15 bits per heavy atom. The van der Waals surface area contributed by atoms with E-state index in [1.54, 1.807) is 12.1 Å². The van der Waals surface area contributed by atoms with Gasteiger partial charge in [-0.25, -0.2) is 4.39 Å².